The Morgan fingerprint density at radius 1 is 1.16 bits per heavy atom. The molecule has 25 heavy (non-hydrogen) atoms. The zero-order chi connectivity index (χ0) is 18.0. The molecular formula is C17H20BrN3O3S. The fourth-order valence-corrected chi connectivity index (χ4v) is 4.64. The molecule has 0 radical (unpaired) electrons. The molecule has 8 heteroatoms. The molecule has 0 bridgehead atoms. The maximum atomic E-state index is 12.8. The Labute approximate surface area is 156 Å². The zero-order valence-electron chi connectivity index (χ0n) is 14.1. The first kappa shape index (κ1) is 18.3. The van der Waals surface area contributed by atoms with Gasteiger partial charge in [0.25, 0.3) is 0 Å². The first-order valence-electron chi connectivity index (χ1n) is 8.09. The lowest BCUT2D eigenvalue weighted by atomic mass is 10.1. The predicted octanol–water partition coefficient (Wildman–Crippen LogP) is 3.09. The minimum Gasteiger partial charge on any atom is -0.459 e. The highest BCUT2D eigenvalue weighted by atomic mass is 79.9. The lowest BCUT2D eigenvalue weighted by molar-refractivity contribution is 0.119. The van der Waals surface area contributed by atoms with Gasteiger partial charge in [-0.3, -0.25) is 0 Å². The molecule has 1 atom stereocenters. The molecule has 1 fully saturated rings. The highest BCUT2D eigenvalue weighted by molar-refractivity contribution is 9.10. The Morgan fingerprint density at radius 3 is 2.44 bits per heavy atom. The number of hydrogen-bond acceptors (Lipinski definition) is 5. The summed E-state index contributed by atoms with van der Waals surface area (Å²) in [5.41, 5.74) is 1.66. The monoisotopic (exact) mass is 425 g/mol. The minimum atomic E-state index is -3.53. The molecule has 1 aliphatic heterocycles. The molecule has 134 valence electrons. The van der Waals surface area contributed by atoms with E-state index in [1.165, 1.54) is 4.31 Å². The summed E-state index contributed by atoms with van der Waals surface area (Å²) in [5.74, 6) is 0. The fraction of sp³-hybridized carbons (Fsp3) is 0.412. The number of benzene rings is 1. The number of aryl methyl sites for hydroxylation is 2. The van der Waals surface area contributed by atoms with Crippen molar-refractivity contribution in [1.29, 1.82) is 0 Å². The van der Waals surface area contributed by atoms with E-state index in [0.717, 1.165) is 28.7 Å². The van der Waals surface area contributed by atoms with Crippen molar-refractivity contribution in [2.75, 3.05) is 13.1 Å². The molecule has 0 saturated carbocycles. The number of aromatic nitrogens is 2. The second-order valence-electron chi connectivity index (χ2n) is 6.13. The van der Waals surface area contributed by atoms with Crippen molar-refractivity contribution in [2.45, 2.75) is 37.7 Å². The van der Waals surface area contributed by atoms with Crippen molar-refractivity contribution in [3.63, 3.8) is 0 Å². The SMILES string of the molecule is Cc1cc(C)nc(OC2CCCN(S(=O)(=O)c3ccc(Br)cc3)C2)n1. The van der Waals surface area contributed by atoms with Gasteiger partial charge >= 0.3 is 6.01 Å². The van der Waals surface area contributed by atoms with Gasteiger partial charge in [0.05, 0.1) is 11.4 Å². The van der Waals surface area contributed by atoms with Crippen LogP contribution in [-0.4, -0.2) is 41.9 Å². The lowest BCUT2D eigenvalue weighted by Crippen LogP contribution is -2.44. The van der Waals surface area contributed by atoms with Gasteiger partial charge in [-0.25, -0.2) is 18.4 Å². The van der Waals surface area contributed by atoms with Gasteiger partial charge in [-0.2, -0.15) is 4.31 Å². The van der Waals surface area contributed by atoms with Crippen LogP contribution in [0, 0.1) is 13.8 Å². The summed E-state index contributed by atoms with van der Waals surface area (Å²) in [6.07, 6.45) is 1.27. The highest BCUT2D eigenvalue weighted by Gasteiger charge is 2.31. The maximum Gasteiger partial charge on any atom is 0.317 e. The third-order valence-electron chi connectivity index (χ3n) is 4.03. The summed E-state index contributed by atoms with van der Waals surface area (Å²) in [6.45, 7) is 4.56. The molecule has 6 nitrogen and oxygen atoms in total. The quantitative estimate of drug-likeness (QED) is 0.752. The Bertz CT molecular complexity index is 836. The number of nitrogens with zero attached hydrogens (tertiary/aromatic N) is 3. The Hall–Kier alpha value is -1.51. The number of sulfonamides is 1. The van der Waals surface area contributed by atoms with Crippen LogP contribution in [0.15, 0.2) is 39.7 Å². The molecule has 1 saturated heterocycles. The van der Waals surface area contributed by atoms with E-state index in [2.05, 4.69) is 25.9 Å². The minimum absolute atomic E-state index is 0.250. The van der Waals surface area contributed by atoms with Gasteiger partial charge in [-0.05, 0) is 57.0 Å². The van der Waals surface area contributed by atoms with Crippen molar-refractivity contribution in [3.05, 3.63) is 46.2 Å². The molecule has 1 aliphatic rings. The van der Waals surface area contributed by atoms with Crippen molar-refractivity contribution in [2.24, 2.45) is 0 Å². The summed E-state index contributed by atoms with van der Waals surface area (Å²) in [6, 6.07) is 8.86. The second-order valence-corrected chi connectivity index (χ2v) is 8.99. The number of rotatable bonds is 4. The van der Waals surface area contributed by atoms with Crippen molar-refractivity contribution < 1.29 is 13.2 Å². The molecule has 1 unspecified atom stereocenters. The van der Waals surface area contributed by atoms with Gasteiger partial charge in [0, 0.05) is 22.4 Å². The van der Waals surface area contributed by atoms with E-state index < -0.39 is 10.0 Å². The molecule has 2 heterocycles. The van der Waals surface area contributed by atoms with Gasteiger partial charge in [0.15, 0.2) is 0 Å². The molecule has 0 amide bonds. The molecular weight excluding hydrogens is 406 g/mol. The van der Waals surface area contributed by atoms with E-state index >= 15 is 0 Å². The number of ether oxygens (including phenoxy) is 1. The normalized spacial score (nSPS) is 18.9. The van der Waals surface area contributed by atoms with E-state index in [1.807, 2.05) is 19.9 Å². The molecule has 3 rings (SSSR count). The molecule has 0 aliphatic carbocycles. The van der Waals surface area contributed by atoms with Crippen molar-refractivity contribution in [3.8, 4) is 6.01 Å². The van der Waals surface area contributed by atoms with Crippen LogP contribution in [0.3, 0.4) is 0 Å². The topological polar surface area (TPSA) is 72.4 Å². The highest BCUT2D eigenvalue weighted by Crippen LogP contribution is 2.24. The summed E-state index contributed by atoms with van der Waals surface area (Å²) in [7, 11) is -3.53. The molecule has 1 aromatic carbocycles. The van der Waals surface area contributed by atoms with Gasteiger partial charge in [-0.1, -0.05) is 15.9 Å². The first-order valence-corrected chi connectivity index (χ1v) is 10.3. The summed E-state index contributed by atoms with van der Waals surface area (Å²) >= 11 is 3.32. The van der Waals surface area contributed by atoms with Crippen LogP contribution < -0.4 is 4.74 Å². The standard InChI is InChI=1S/C17H20BrN3O3S/c1-12-10-13(2)20-17(19-12)24-15-4-3-9-21(11-15)25(22,23)16-7-5-14(18)6-8-16/h5-8,10,15H,3-4,9,11H2,1-2H3. The van der Waals surface area contributed by atoms with Crippen LogP contribution >= 0.6 is 15.9 Å². The fourth-order valence-electron chi connectivity index (χ4n) is 2.87. The third kappa shape index (κ3) is 4.37. The van der Waals surface area contributed by atoms with E-state index in [-0.39, 0.29) is 6.10 Å². The Morgan fingerprint density at radius 2 is 1.80 bits per heavy atom. The average molecular weight is 426 g/mol. The number of hydrogen-bond donors (Lipinski definition) is 0. The van der Waals surface area contributed by atoms with Gasteiger partial charge < -0.3 is 4.74 Å². The average Bonchev–Trinajstić information content (AvgIpc) is 2.54. The van der Waals surface area contributed by atoms with E-state index in [0.29, 0.717) is 24.0 Å². The largest absolute Gasteiger partial charge is 0.459 e. The van der Waals surface area contributed by atoms with Crippen LogP contribution in [-0.2, 0) is 10.0 Å². The van der Waals surface area contributed by atoms with Crippen LogP contribution in [0.5, 0.6) is 6.01 Å². The second kappa shape index (κ2) is 7.39. The summed E-state index contributed by atoms with van der Waals surface area (Å²) in [4.78, 5) is 8.84. The molecule has 0 spiro atoms. The van der Waals surface area contributed by atoms with Gasteiger partial charge in [0.1, 0.15) is 6.10 Å². The van der Waals surface area contributed by atoms with E-state index in [9.17, 15) is 8.42 Å². The lowest BCUT2D eigenvalue weighted by Gasteiger charge is -2.31. The van der Waals surface area contributed by atoms with Crippen LogP contribution in [0.25, 0.3) is 0 Å². The Balaban J connectivity index is 1.75. The van der Waals surface area contributed by atoms with Crippen molar-refractivity contribution in [1.82, 2.24) is 14.3 Å². The number of piperidine rings is 1. The van der Waals surface area contributed by atoms with Gasteiger partial charge in [-0.15, -0.1) is 0 Å². The van der Waals surface area contributed by atoms with Crippen LogP contribution in [0.1, 0.15) is 24.2 Å². The van der Waals surface area contributed by atoms with Crippen LogP contribution in [0.4, 0.5) is 0 Å². The van der Waals surface area contributed by atoms with E-state index in [1.54, 1.807) is 24.3 Å². The predicted molar refractivity (Wildman–Crippen MR) is 98.1 cm³/mol. The van der Waals surface area contributed by atoms with Crippen LogP contribution in [0.2, 0.25) is 0 Å². The smallest absolute Gasteiger partial charge is 0.317 e. The van der Waals surface area contributed by atoms with Crippen molar-refractivity contribution >= 4 is 26.0 Å². The zero-order valence-corrected chi connectivity index (χ0v) is 16.5. The molecule has 1 aromatic heterocycles. The third-order valence-corrected chi connectivity index (χ3v) is 6.43. The maximum absolute atomic E-state index is 12.8. The number of halogens is 1. The Kier molecular flexibility index (Phi) is 5.41. The summed E-state index contributed by atoms with van der Waals surface area (Å²) < 4.78 is 33.8. The van der Waals surface area contributed by atoms with E-state index in [4.69, 9.17) is 4.74 Å². The first-order chi connectivity index (χ1) is 11.8. The molecule has 0 N–H and O–H groups in total. The molecule has 2 aromatic rings. The van der Waals surface area contributed by atoms with Gasteiger partial charge in [0.2, 0.25) is 10.0 Å². The summed E-state index contributed by atoms with van der Waals surface area (Å²) in [5, 5.41) is 0.